The lowest BCUT2D eigenvalue weighted by Gasteiger charge is -2.22. The molecule has 1 atom stereocenters. The highest BCUT2D eigenvalue weighted by molar-refractivity contribution is 7.82. The first-order valence-corrected chi connectivity index (χ1v) is 5.19. The van der Waals surface area contributed by atoms with Crippen LogP contribution in [0.25, 0.3) is 0 Å². The van der Waals surface area contributed by atoms with Crippen molar-refractivity contribution in [1.29, 1.82) is 0 Å². The van der Waals surface area contributed by atoms with Crippen LogP contribution in [0.2, 0.25) is 0 Å². The molecule has 1 unspecified atom stereocenters. The number of hydrogen-bond acceptors (Lipinski definition) is 3. The Morgan fingerprint density at radius 2 is 2.12 bits per heavy atom. The Bertz CT molecular complexity index is 405. The van der Waals surface area contributed by atoms with Crippen molar-refractivity contribution in [3.05, 3.63) is 35.4 Å². The lowest BCUT2D eigenvalue weighted by Crippen LogP contribution is -2.29. The predicted molar refractivity (Wildman–Crippen MR) is 59.3 cm³/mol. The minimum Gasteiger partial charge on any atom is -0.465 e. The van der Waals surface area contributed by atoms with Crippen molar-refractivity contribution in [2.75, 3.05) is 6.61 Å². The Morgan fingerprint density at radius 3 is 2.62 bits per heavy atom. The molecule has 0 saturated carbocycles. The average Bonchev–Trinajstić information content (AvgIpc) is 2.17. The maximum absolute atomic E-state index is 13.5. The van der Waals surface area contributed by atoms with Gasteiger partial charge < -0.3 is 4.74 Å². The van der Waals surface area contributed by atoms with E-state index >= 15 is 0 Å². The number of esters is 1. The number of carbonyl (C=O) groups excluding carboxylic acids is 1. The number of rotatable bonds is 3. The molecule has 0 spiro atoms. The molecule has 0 aromatic heterocycles. The molecular formula is C11H12F2O2S. The fraction of sp³-hybridized carbons (Fsp3) is 0.364. The predicted octanol–water partition coefficient (Wildman–Crippen LogP) is 2.67. The van der Waals surface area contributed by atoms with Gasteiger partial charge in [0, 0.05) is 11.6 Å². The van der Waals surface area contributed by atoms with E-state index in [0.29, 0.717) is 6.07 Å². The number of carbonyl (C=O) groups is 1. The van der Waals surface area contributed by atoms with Gasteiger partial charge in [0.05, 0.1) is 6.61 Å². The van der Waals surface area contributed by atoms with E-state index in [2.05, 4.69) is 12.6 Å². The van der Waals surface area contributed by atoms with Gasteiger partial charge in [-0.3, -0.25) is 4.79 Å². The Kier molecular flexibility index (Phi) is 3.91. The van der Waals surface area contributed by atoms with Gasteiger partial charge in [-0.05, 0) is 19.9 Å². The summed E-state index contributed by atoms with van der Waals surface area (Å²) < 4.78 is 29.5. The van der Waals surface area contributed by atoms with Gasteiger partial charge >= 0.3 is 5.97 Å². The van der Waals surface area contributed by atoms with Crippen LogP contribution in [0.15, 0.2) is 18.2 Å². The van der Waals surface area contributed by atoms with Crippen LogP contribution in [-0.4, -0.2) is 12.6 Å². The minimum atomic E-state index is -1.42. The van der Waals surface area contributed by atoms with Crippen LogP contribution >= 0.6 is 12.6 Å². The lowest BCUT2D eigenvalue weighted by molar-refractivity contribution is -0.145. The van der Waals surface area contributed by atoms with E-state index in [1.54, 1.807) is 6.92 Å². The van der Waals surface area contributed by atoms with Crippen molar-refractivity contribution >= 4 is 18.6 Å². The molecule has 0 aliphatic heterocycles. The number of ether oxygens (including phenoxy) is 1. The Hall–Kier alpha value is -1.10. The van der Waals surface area contributed by atoms with E-state index in [0.717, 1.165) is 6.07 Å². The van der Waals surface area contributed by atoms with Gasteiger partial charge in [-0.25, -0.2) is 8.78 Å². The summed E-state index contributed by atoms with van der Waals surface area (Å²) in [7, 11) is 0. The van der Waals surface area contributed by atoms with Gasteiger partial charge in [-0.1, -0.05) is 6.07 Å². The Morgan fingerprint density at radius 1 is 1.50 bits per heavy atom. The summed E-state index contributed by atoms with van der Waals surface area (Å²) in [4.78, 5) is 11.5. The molecule has 0 radical (unpaired) electrons. The van der Waals surface area contributed by atoms with Crippen LogP contribution in [0.3, 0.4) is 0 Å². The van der Waals surface area contributed by atoms with E-state index in [4.69, 9.17) is 4.74 Å². The fourth-order valence-electron chi connectivity index (χ4n) is 1.27. The highest BCUT2D eigenvalue weighted by Crippen LogP contribution is 2.31. The van der Waals surface area contributed by atoms with Gasteiger partial charge in [0.1, 0.15) is 16.4 Å². The van der Waals surface area contributed by atoms with Crippen LogP contribution in [0.4, 0.5) is 8.78 Å². The zero-order valence-electron chi connectivity index (χ0n) is 8.96. The fourth-order valence-corrected chi connectivity index (χ4v) is 1.51. The molecule has 0 bridgehead atoms. The van der Waals surface area contributed by atoms with Crippen molar-refractivity contribution in [3.8, 4) is 0 Å². The van der Waals surface area contributed by atoms with Gasteiger partial charge in [-0.15, -0.1) is 0 Å². The van der Waals surface area contributed by atoms with Gasteiger partial charge in [-0.2, -0.15) is 12.6 Å². The third-order valence-corrected chi connectivity index (χ3v) is 2.55. The topological polar surface area (TPSA) is 26.3 Å². The number of hydrogen-bond donors (Lipinski definition) is 1. The zero-order chi connectivity index (χ0) is 12.3. The summed E-state index contributed by atoms with van der Waals surface area (Å²) in [5.74, 6) is -2.18. The maximum Gasteiger partial charge on any atom is 0.326 e. The Balaban J connectivity index is 3.11. The van der Waals surface area contributed by atoms with Crippen LogP contribution in [0.5, 0.6) is 0 Å². The molecule has 16 heavy (non-hydrogen) atoms. The quantitative estimate of drug-likeness (QED) is 0.655. The van der Waals surface area contributed by atoms with E-state index in [-0.39, 0.29) is 12.2 Å². The van der Waals surface area contributed by atoms with Crippen molar-refractivity contribution in [2.24, 2.45) is 0 Å². The maximum atomic E-state index is 13.5. The SMILES string of the molecule is CCOC(=O)C(C)(S)c1ccc(F)cc1F. The minimum absolute atomic E-state index is 0.00400. The first-order chi connectivity index (χ1) is 7.39. The Labute approximate surface area is 98.0 Å². The third kappa shape index (κ3) is 2.52. The second-order valence-corrected chi connectivity index (χ2v) is 4.31. The molecule has 5 heteroatoms. The molecule has 0 aliphatic rings. The molecular weight excluding hydrogens is 234 g/mol. The highest BCUT2D eigenvalue weighted by Gasteiger charge is 2.35. The molecule has 1 aromatic carbocycles. The van der Waals surface area contributed by atoms with E-state index in [1.165, 1.54) is 13.0 Å². The summed E-state index contributed by atoms with van der Waals surface area (Å²) in [5, 5.41) is 0. The van der Waals surface area contributed by atoms with Crippen molar-refractivity contribution < 1.29 is 18.3 Å². The lowest BCUT2D eigenvalue weighted by atomic mass is 9.99. The normalized spacial score (nSPS) is 14.3. The molecule has 0 aliphatic carbocycles. The third-order valence-electron chi connectivity index (χ3n) is 2.13. The summed E-state index contributed by atoms with van der Waals surface area (Å²) >= 11 is 4.07. The summed E-state index contributed by atoms with van der Waals surface area (Å²) in [5.41, 5.74) is -0.00400. The van der Waals surface area contributed by atoms with Gasteiger partial charge in [0.25, 0.3) is 0 Å². The summed E-state index contributed by atoms with van der Waals surface area (Å²) in [6.07, 6.45) is 0. The second-order valence-electron chi connectivity index (χ2n) is 3.42. The molecule has 0 amide bonds. The smallest absolute Gasteiger partial charge is 0.326 e. The molecule has 0 heterocycles. The van der Waals surface area contributed by atoms with E-state index in [9.17, 15) is 13.6 Å². The molecule has 0 N–H and O–H groups in total. The van der Waals surface area contributed by atoms with Crippen molar-refractivity contribution in [1.82, 2.24) is 0 Å². The van der Waals surface area contributed by atoms with Crippen LogP contribution < -0.4 is 0 Å². The van der Waals surface area contributed by atoms with Crippen LogP contribution in [0, 0.1) is 11.6 Å². The number of thiol groups is 1. The van der Waals surface area contributed by atoms with E-state index in [1.807, 2.05) is 0 Å². The van der Waals surface area contributed by atoms with Crippen molar-refractivity contribution in [2.45, 2.75) is 18.6 Å². The first-order valence-electron chi connectivity index (χ1n) is 4.74. The van der Waals surface area contributed by atoms with Gasteiger partial charge in [0.15, 0.2) is 0 Å². The van der Waals surface area contributed by atoms with Gasteiger partial charge in [0.2, 0.25) is 0 Å². The molecule has 1 aromatic rings. The van der Waals surface area contributed by atoms with Crippen LogP contribution in [-0.2, 0) is 14.3 Å². The molecule has 1 rings (SSSR count). The average molecular weight is 246 g/mol. The molecule has 0 saturated heterocycles. The molecule has 0 fully saturated rings. The summed E-state index contributed by atoms with van der Waals surface area (Å²) in [6, 6.07) is 2.98. The highest BCUT2D eigenvalue weighted by atomic mass is 32.1. The number of benzene rings is 1. The van der Waals surface area contributed by atoms with Crippen molar-refractivity contribution in [3.63, 3.8) is 0 Å². The standard InChI is InChI=1S/C11H12F2O2S/c1-3-15-10(14)11(2,16)8-5-4-7(12)6-9(8)13/h4-6,16H,3H2,1-2H3. The first kappa shape index (κ1) is 13.0. The zero-order valence-corrected chi connectivity index (χ0v) is 9.85. The molecule has 88 valence electrons. The van der Waals surface area contributed by atoms with Crippen LogP contribution in [0.1, 0.15) is 19.4 Å². The molecule has 2 nitrogen and oxygen atoms in total. The number of halogens is 2. The summed E-state index contributed by atoms with van der Waals surface area (Å²) in [6.45, 7) is 3.23. The second kappa shape index (κ2) is 4.82. The monoisotopic (exact) mass is 246 g/mol. The van der Waals surface area contributed by atoms with E-state index < -0.39 is 22.4 Å². The largest absolute Gasteiger partial charge is 0.465 e.